The number of benzene rings is 1. The van der Waals surface area contributed by atoms with E-state index in [0.29, 0.717) is 23.5 Å². The van der Waals surface area contributed by atoms with E-state index in [-0.39, 0.29) is 17.3 Å². The Labute approximate surface area is 123 Å². The average Bonchev–Trinajstić information content (AvgIpc) is 2.34. The number of rotatable bonds is 7. The van der Waals surface area contributed by atoms with Gasteiger partial charge in [-0.3, -0.25) is 4.79 Å². The number of anilines is 1. The lowest BCUT2D eigenvalue weighted by molar-refractivity contribution is -0.114. The lowest BCUT2D eigenvalue weighted by Crippen LogP contribution is -2.25. The first-order valence-electron chi connectivity index (χ1n) is 5.97. The number of carbonyl (C=O) groups is 1. The molecule has 1 rings (SSSR count). The molecule has 0 spiro atoms. The van der Waals surface area contributed by atoms with Crippen LogP contribution in [0.15, 0.2) is 29.2 Å². The van der Waals surface area contributed by atoms with E-state index in [1.165, 1.54) is 31.2 Å². The molecule has 0 atom stereocenters. The molecule has 20 heavy (non-hydrogen) atoms. The summed E-state index contributed by atoms with van der Waals surface area (Å²) < 4.78 is 26.4. The van der Waals surface area contributed by atoms with Crippen LogP contribution in [0, 0.1) is 0 Å². The zero-order valence-corrected chi connectivity index (χ0v) is 12.7. The molecule has 0 heterocycles. The molecule has 0 unspecified atom stereocenters. The van der Waals surface area contributed by atoms with Crippen LogP contribution in [0.3, 0.4) is 0 Å². The van der Waals surface area contributed by atoms with Crippen molar-refractivity contribution in [3.05, 3.63) is 24.3 Å². The van der Waals surface area contributed by atoms with Gasteiger partial charge in [-0.05, 0) is 37.1 Å². The molecule has 1 aromatic carbocycles. The van der Waals surface area contributed by atoms with Crippen LogP contribution in [0.25, 0.3) is 0 Å². The smallest absolute Gasteiger partial charge is 0.240 e. The quantitative estimate of drug-likeness (QED) is 0.514. The maximum atomic E-state index is 11.9. The molecule has 1 aromatic rings. The van der Waals surface area contributed by atoms with Gasteiger partial charge in [-0.2, -0.15) is 0 Å². The molecule has 0 aliphatic rings. The Morgan fingerprint density at radius 1 is 1.30 bits per heavy atom. The highest BCUT2D eigenvalue weighted by Gasteiger charge is 2.13. The molecule has 0 aliphatic heterocycles. The molecule has 4 N–H and O–H groups in total. The van der Waals surface area contributed by atoms with E-state index < -0.39 is 10.0 Å². The van der Waals surface area contributed by atoms with E-state index in [2.05, 4.69) is 10.0 Å². The third-order valence-corrected chi connectivity index (χ3v) is 4.06. The van der Waals surface area contributed by atoms with Crippen LogP contribution >= 0.6 is 12.2 Å². The van der Waals surface area contributed by atoms with Gasteiger partial charge in [0.25, 0.3) is 0 Å². The molecule has 1 amide bonds. The number of hydrogen-bond acceptors (Lipinski definition) is 4. The SMILES string of the molecule is CC(=O)Nc1ccc(S(=O)(=O)NCCCC(N)=S)cc1. The summed E-state index contributed by atoms with van der Waals surface area (Å²) in [6.45, 7) is 1.65. The van der Waals surface area contributed by atoms with Gasteiger partial charge in [0.05, 0.1) is 9.88 Å². The Morgan fingerprint density at radius 2 is 1.90 bits per heavy atom. The summed E-state index contributed by atoms with van der Waals surface area (Å²) in [6.07, 6.45) is 1.05. The van der Waals surface area contributed by atoms with Crippen LogP contribution in [0.4, 0.5) is 5.69 Å². The minimum Gasteiger partial charge on any atom is -0.393 e. The average molecular weight is 315 g/mol. The number of nitrogens with one attached hydrogen (secondary N) is 2. The van der Waals surface area contributed by atoms with E-state index in [0.717, 1.165) is 0 Å². The summed E-state index contributed by atoms with van der Waals surface area (Å²) in [6, 6.07) is 5.93. The Kier molecular flexibility index (Phi) is 6.05. The second kappa shape index (κ2) is 7.32. The summed E-state index contributed by atoms with van der Waals surface area (Å²) in [5.74, 6) is -0.212. The molecule has 0 saturated heterocycles. The van der Waals surface area contributed by atoms with Crippen molar-refractivity contribution >= 4 is 38.8 Å². The Balaban J connectivity index is 2.63. The van der Waals surface area contributed by atoms with E-state index in [4.69, 9.17) is 18.0 Å². The number of sulfonamides is 1. The minimum absolute atomic E-state index is 0.141. The molecule has 0 saturated carbocycles. The molecule has 0 radical (unpaired) electrons. The molecule has 0 aliphatic carbocycles. The predicted molar refractivity (Wildman–Crippen MR) is 82.0 cm³/mol. The summed E-state index contributed by atoms with van der Waals surface area (Å²) in [7, 11) is -3.55. The number of nitrogens with two attached hydrogens (primary N) is 1. The number of carbonyl (C=O) groups excluding carboxylic acids is 1. The fourth-order valence-electron chi connectivity index (χ4n) is 1.47. The monoisotopic (exact) mass is 315 g/mol. The zero-order valence-electron chi connectivity index (χ0n) is 11.0. The maximum absolute atomic E-state index is 11.9. The van der Waals surface area contributed by atoms with Gasteiger partial charge >= 0.3 is 0 Å². The second-order valence-corrected chi connectivity index (χ2v) is 6.46. The van der Waals surface area contributed by atoms with Gasteiger partial charge in [0.2, 0.25) is 15.9 Å². The van der Waals surface area contributed by atoms with Gasteiger partial charge in [-0.25, -0.2) is 13.1 Å². The third kappa shape index (κ3) is 5.64. The molecule has 8 heteroatoms. The van der Waals surface area contributed by atoms with Crippen LogP contribution in [-0.4, -0.2) is 25.9 Å². The largest absolute Gasteiger partial charge is 0.393 e. The van der Waals surface area contributed by atoms with Crippen molar-refractivity contribution in [3.8, 4) is 0 Å². The van der Waals surface area contributed by atoms with Crippen LogP contribution in [0.5, 0.6) is 0 Å². The highest BCUT2D eigenvalue weighted by atomic mass is 32.2. The number of thiocarbonyl (C=S) groups is 1. The normalized spacial score (nSPS) is 11.1. The molecule has 0 fully saturated rings. The fourth-order valence-corrected chi connectivity index (χ4v) is 2.69. The van der Waals surface area contributed by atoms with Crippen molar-refractivity contribution < 1.29 is 13.2 Å². The molecule has 0 bridgehead atoms. The summed E-state index contributed by atoms with van der Waals surface area (Å²) in [5.41, 5.74) is 5.88. The second-order valence-electron chi connectivity index (χ2n) is 4.17. The molecule has 0 aromatic heterocycles. The van der Waals surface area contributed by atoms with Gasteiger partial charge in [0.1, 0.15) is 0 Å². The van der Waals surface area contributed by atoms with Crippen molar-refractivity contribution in [1.29, 1.82) is 0 Å². The molecular weight excluding hydrogens is 298 g/mol. The fraction of sp³-hybridized carbons (Fsp3) is 0.333. The lowest BCUT2D eigenvalue weighted by atomic mass is 10.3. The highest BCUT2D eigenvalue weighted by Crippen LogP contribution is 2.13. The number of hydrogen-bond donors (Lipinski definition) is 3. The van der Waals surface area contributed by atoms with Gasteiger partial charge < -0.3 is 11.1 Å². The lowest BCUT2D eigenvalue weighted by Gasteiger charge is -2.07. The van der Waals surface area contributed by atoms with Gasteiger partial charge in [0, 0.05) is 19.2 Å². The topological polar surface area (TPSA) is 101 Å². The molecule has 110 valence electrons. The first-order valence-corrected chi connectivity index (χ1v) is 7.86. The van der Waals surface area contributed by atoms with Crippen molar-refractivity contribution in [3.63, 3.8) is 0 Å². The Bertz CT molecular complexity index is 582. The van der Waals surface area contributed by atoms with Crippen LogP contribution in [0.1, 0.15) is 19.8 Å². The van der Waals surface area contributed by atoms with Crippen LogP contribution < -0.4 is 15.8 Å². The standard InChI is InChI=1S/C12H17N3O3S2/c1-9(16)15-10-4-6-11(7-5-10)20(17,18)14-8-2-3-12(13)19/h4-7,14H,2-3,8H2,1H3,(H2,13,19)(H,15,16). The maximum Gasteiger partial charge on any atom is 0.240 e. The van der Waals surface area contributed by atoms with Gasteiger partial charge in [-0.15, -0.1) is 0 Å². The third-order valence-electron chi connectivity index (χ3n) is 2.38. The summed E-state index contributed by atoms with van der Waals surface area (Å²) >= 11 is 4.71. The van der Waals surface area contributed by atoms with E-state index in [1.807, 2.05) is 0 Å². The number of amides is 1. The van der Waals surface area contributed by atoms with Crippen LogP contribution in [-0.2, 0) is 14.8 Å². The first kappa shape index (κ1) is 16.5. The highest BCUT2D eigenvalue weighted by molar-refractivity contribution is 7.89. The van der Waals surface area contributed by atoms with Crippen LogP contribution in [0.2, 0.25) is 0 Å². The van der Waals surface area contributed by atoms with Crippen molar-refractivity contribution in [2.75, 3.05) is 11.9 Å². The predicted octanol–water partition coefficient (Wildman–Crippen LogP) is 0.990. The van der Waals surface area contributed by atoms with E-state index in [9.17, 15) is 13.2 Å². The Hall–Kier alpha value is -1.51. The Morgan fingerprint density at radius 3 is 2.40 bits per heavy atom. The van der Waals surface area contributed by atoms with Crippen molar-refractivity contribution in [2.24, 2.45) is 5.73 Å². The summed E-state index contributed by atoms with van der Waals surface area (Å²) in [5, 5.41) is 2.57. The zero-order chi connectivity index (χ0) is 15.2. The van der Waals surface area contributed by atoms with Crippen molar-refractivity contribution in [1.82, 2.24) is 4.72 Å². The first-order chi connectivity index (χ1) is 9.31. The summed E-state index contributed by atoms with van der Waals surface area (Å²) in [4.78, 5) is 11.4. The minimum atomic E-state index is -3.55. The molecule has 6 nitrogen and oxygen atoms in total. The van der Waals surface area contributed by atoms with Gasteiger partial charge in [-0.1, -0.05) is 12.2 Å². The molecular formula is C12H17N3O3S2. The van der Waals surface area contributed by atoms with Gasteiger partial charge in [0.15, 0.2) is 0 Å². The van der Waals surface area contributed by atoms with E-state index >= 15 is 0 Å². The van der Waals surface area contributed by atoms with Crippen molar-refractivity contribution in [2.45, 2.75) is 24.7 Å². The van der Waals surface area contributed by atoms with E-state index in [1.54, 1.807) is 0 Å².